The maximum Gasteiger partial charge on any atom is 0.257 e. The summed E-state index contributed by atoms with van der Waals surface area (Å²) in [7, 11) is 0. The van der Waals surface area contributed by atoms with Crippen LogP contribution in [0.25, 0.3) is 0 Å². The van der Waals surface area contributed by atoms with Crippen molar-refractivity contribution in [1.29, 1.82) is 0 Å². The van der Waals surface area contributed by atoms with Gasteiger partial charge >= 0.3 is 0 Å². The number of carbonyl (C=O) groups excluding carboxylic acids is 2. The fourth-order valence-corrected chi connectivity index (χ4v) is 1.95. The summed E-state index contributed by atoms with van der Waals surface area (Å²) in [4.78, 5) is 28.8. The van der Waals surface area contributed by atoms with E-state index in [-0.39, 0.29) is 18.4 Å². The van der Waals surface area contributed by atoms with Crippen LogP contribution in [0.4, 0.5) is 0 Å². The Labute approximate surface area is 104 Å². The zero-order valence-corrected chi connectivity index (χ0v) is 10.1. The molecule has 2 amide bonds. The van der Waals surface area contributed by atoms with Gasteiger partial charge in [0.15, 0.2) is 0 Å². The predicted molar refractivity (Wildman–Crippen MR) is 62.9 cm³/mol. The van der Waals surface area contributed by atoms with Gasteiger partial charge in [-0.25, -0.2) is 0 Å². The van der Waals surface area contributed by atoms with E-state index in [2.05, 4.69) is 10.3 Å². The van der Waals surface area contributed by atoms with E-state index in [1.165, 1.54) is 11.1 Å². The van der Waals surface area contributed by atoms with Gasteiger partial charge < -0.3 is 10.2 Å². The number of amides is 2. The maximum absolute atomic E-state index is 12.1. The molecule has 0 radical (unpaired) electrons. The van der Waals surface area contributed by atoms with Crippen molar-refractivity contribution in [2.24, 2.45) is 0 Å². The maximum atomic E-state index is 12.1. The summed E-state index contributed by atoms with van der Waals surface area (Å²) in [6, 6.07) is 1.64. The minimum atomic E-state index is -0.252. The summed E-state index contributed by atoms with van der Waals surface area (Å²) >= 11 is 5.99. The van der Waals surface area contributed by atoms with Crippen LogP contribution in [-0.4, -0.2) is 41.3 Å². The fraction of sp³-hybridized carbons (Fsp3) is 0.364. The van der Waals surface area contributed by atoms with Crippen molar-refractivity contribution in [2.75, 3.05) is 19.6 Å². The first-order chi connectivity index (χ1) is 8.08. The molecule has 90 valence electrons. The molecule has 0 aromatic carbocycles. The first kappa shape index (κ1) is 11.9. The highest BCUT2D eigenvalue weighted by atomic mass is 35.5. The monoisotopic (exact) mass is 253 g/mol. The van der Waals surface area contributed by atoms with Crippen molar-refractivity contribution < 1.29 is 9.59 Å². The third-order valence-corrected chi connectivity index (χ3v) is 2.86. The predicted octanol–water partition coefficient (Wildman–Crippen LogP) is 0.615. The molecule has 1 saturated heterocycles. The number of halogens is 1. The molecule has 6 heteroatoms. The molecule has 0 unspecified atom stereocenters. The molecule has 1 aromatic heterocycles. The van der Waals surface area contributed by atoms with Crippen LogP contribution in [-0.2, 0) is 4.79 Å². The number of aryl methyl sites for hydroxylation is 1. The van der Waals surface area contributed by atoms with E-state index in [1.54, 1.807) is 13.0 Å². The standard InChI is InChI=1S/C11H12ClN3O2/c1-7-4-9(12)8(5-14-7)11(17)15-3-2-13-10(16)6-15/h4-5H,2-3,6H2,1H3,(H,13,16). The summed E-state index contributed by atoms with van der Waals surface area (Å²) < 4.78 is 0. The van der Waals surface area contributed by atoms with Gasteiger partial charge in [-0.3, -0.25) is 14.6 Å². The Morgan fingerprint density at radius 3 is 3.00 bits per heavy atom. The molecule has 1 aliphatic heterocycles. The topological polar surface area (TPSA) is 62.3 Å². The smallest absolute Gasteiger partial charge is 0.257 e. The van der Waals surface area contributed by atoms with Gasteiger partial charge in [0.2, 0.25) is 5.91 Å². The lowest BCUT2D eigenvalue weighted by Crippen LogP contribution is -2.50. The van der Waals surface area contributed by atoms with Crippen molar-refractivity contribution in [1.82, 2.24) is 15.2 Å². The highest BCUT2D eigenvalue weighted by Gasteiger charge is 2.23. The zero-order chi connectivity index (χ0) is 12.4. The van der Waals surface area contributed by atoms with E-state index in [9.17, 15) is 9.59 Å². The SMILES string of the molecule is Cc1cc(Cl)c(C(=O)N2CCNC(=O)C2)cn1. The number of pyridine rings is 1. The van der Waals surface area contributed by atoms with Crippen molar-refractivity contribution >= 4 is 23.4 Å². The van der Waals surface area contributed by atoms with Gasteiger partial charge in [-0.15, -0.1) is 0 Å². The summed E-state index contributed by atoms with van der Waals surface area (Å²) in [5.74, 6) is -0.404. The van der Waals surface area contributed by atoms with Crippen molar-refractivity contribution in [3.05, 3.63) is 28.5 Å². The number of rotatable bonds is 1. The fourth-order valence-electron chi connectivity index (χ4n) is 1.67. The molecular formula is C11H12ClN3O2. The molecule has 0 aliphatic carbocycles. The van der Waals surface area contributed by atoms with Gasteiger partial charge in [-0.1, -0.05) is 11.6 Å². The largest absolute Gasteiger partial charge is 0.353 e. The lowest BCUT2D eigenvalue weighted by molar-refractivity contribution is -0.123. The summed E-state index contributed by atoms with van der Waals surface area (Å²) in [5, 5.41) is 3.03. The Morgan fingerprint density at radius 1 is 1.59 bits per heavy atom. The number of hydrogen-bond acceptors (Lipinski definition) is 3. The Bertz CT molecular complexity index is 476. The quantitative estimate of drug-likeness (QED) is 0.798. The number of carbonyl (C=O) groups is 2. The summed E-state index contributed by atoms with van der Waals surface area (Å²) in [6.45, 7) is 2.84. The molecule has 0 bridgehead atoms. The summed E-state index contributed by atoms with van der Waals surface area (Å²) in [6.07, 6.45) is 1.45. The van der Waals surface area contributed by atoms with Crippen LogP contribution in [0.5, 0.6) is 0 Å². The van der Waals surface area contributed by atoms with E-state index in [0.29, 0.717) is 23.7 Å². The van der Waals surface area contributed by atoms with Crippen LogP contribution in [0.1, 0.15) is 16.1 Å². The zero-order valence-electron chi connectivity index (χ0n) is 9.36. The van der Waals surface area contributed by atoms with Crippen molar-refractivity contribution in [3.8, 4) is 0 Å². The minimum Gasteiger partial charge on any atom is -0.353 e. The van der Waals surface area contributed by atoms with Crippen LogP contribution in [0, 0.1) is 6.92 Å². The Morgan fingerprint density at radius 2 is 2.35 bits per heavy atom. The Hall–Kier alpha value is -1.62. The molecular weight excluding hydrogens is 242 g/mol. The van der Waals surface area contributed by atoms with Crippen LogP contribution in [0.3, 0.4) is 0 Å². The molecule has 2 heterocycles. The molecule has 1 aliphatic rings. The number of piperazine rings is 1. The van der Waals surface area contributed by atoms with Gasteiger partial charge in [0.05, 0.1) is 17.1 Å². The highest BCUT2D eigenvalue weighted by Crippen LogP contribution is 2.17. The second kappa shape index (κ2) is 4.71. The van der Waals surface area contributed by atoms with E-state index < -0.39 is 0 Å². The lowest BCUT2D eigenvalue weighted by Gasteiger charge is -2.26. The number of nitrogens with zero attached hydrogens (tertiary/aromatic N) is 2. The summed E-state index contributed by atoms with van der Waals surface area (Å²) in [5.41, 5.74) is 1.09. The molecule has 17 heavy (non-hydrogen) atoms. The Kier molecular flexibility index (Phi) is 3.28. The molecule has 2 rings (SSSR count). The van der Waals surface area contributed by atoms with Gasteiger partial charge in [0.1, 0.15) is 0 Å². The van der Waals surface area contributed by atoms with Crippen LogP contribution >= 0.6 is 11.6 Å². The molecule has 0 atom stereocenters. The van der Waals surface area contributed by atoms with Crippen LogP contribution in [0.2, 0.25) is 5.02 Å². The van der Waals surface area contributed by atoms with Crippen molar-refractivity contribution in [3.63, 3.8) is 0 Å². The van der Waals surface area contributed by atoms with E-state index in [4.69, 9.17) is 11.6 Å². The molecule has 0 spiro atoms. The molecule has 1 N–H and O–H groups in total. The first-order valence-electron chi connectivity index (χ1n) is 5.26. The third kappa shape index (κ3) is 2.55. The highest BCUT2D eigenvalue weighted by molar-refractivity contribution is 6.33. The second-order valence-electron chi connectivity index (χ2n) is 3.88. The third-order valence-electron chi connectivity index (χ3n) is 2.55. The van der Waals surface area contributed by atoms with Crippen LogP contribution < -0.4 is 5.32 Å². The van der Waals surface area contributed by atoms with Gasteiger partial charge in [0.25, 0.3) is 5.91 Å². The van der Waals surface area contributed by atoms with Gasteiger partial charge in [-0.2, -0.15) is 0 Å². The normalized spacial score (nSPS) is 15.6. The number of hydrogen-bond donors (Lipinski definition) is 1. The molecule has 5 nitrogen and oxygen atoms in total. The average Bonchev–Trinajstić information content (AvgIpc) is 2.28. The Balaban J connectivity index is 2.21. The van der Waals surface area contributed by atoms with Crippen molar-refractivity contribution in [2.45, 2.75) is 6.92 Å². The number of nitrogens with one attached hydrogen (secondary N) is 1. The van der Waals surface area contributed by atoms with Crippen LogP contribution in [0.15, 0.2) is 12.3 Å². The van der Waals surface area contributed by atoms with Gasteiger partial charge in [-0.05, 0) is 13.0 Å². The van der Waals surface area contributed by atoms with E-state index in [1.807, 2.05) is 0 Å². The second-order valence-corrected chi connectivity index (χ2v) is 4.29. The molecule has 1 aromatic rings. The molecule has 0 saturated carbocycles. The minimum absolute atomic E-state index is 0.0725. The lowest BCUT2D eigenvalue weighted by atomic mass is 10.2. The average molecular weight is 254 g/mol. The molecule has 1 fully saturated rings. The first-order valence-corrected chi connectivity index (χ1v) is 5.64. The van der Waals surface area contributed by atoms with Gasteiger partial charge in [0, 0.05) is 25.0 Å². The number of aromatic nitrogens is 1. The van der Waals surface area contributed by atoms with E-state index in [0.717, 1.165) is 5.69 Å². The van der Waals surface area contributed by atoms with E-state index >= 15 is 0 Å².